The summed E-state index contributed by atoms with van der Waals surface area (Å²) in [5.74, 6) is -7.52. The Kier molecular flexibility index (Phi) is 5.83. The van der Waals surface area contributed by atoms with E-state index in [0.717, 1.165) is 0 Å². The number of benzene rings is 1. The molecule has 2 atom stereocenters. The van der Waals surface area contributed by atoms with E-state index in [-0.39, 0.29) is 37.6 Å². The van der Waals surface area contributed by atoms with Crippen molar-refractivity contribution in [1.82, 2.24) is 24.8 Å². The molecule has 0 bridgehead atoms. The first-order valence-corrected chi connectivity index (χ1v) is 10.9. The van der Waals surface area contributed by atoms with Crippen molar-refractivity contribution in [2.45, 2.75) is 44.6 Å². The summed E-state index contributed by atoms with van der Waals surface area (Å²) in [6.07, 6.45) is -3.57. The Labute approximate surface area is 203 Å². The lowest BCUT2D eigenvalue weighted by Gasteiger charge is -2.35. The summed E-state index contributed by atoms with van der Waals surface area (Å²) in [5, 5.41) is 9.94. The third-order valence-corrected chi connectivity index (χ3v) is 6.18. The second-order valence-corrected chi connectivity index (χ2v) is 8.68. The summed E-state index contributed by atoms with van der Waals surface area (Å²) in [5.41, 5.74) is 0.516. The van der Waals surface area contributed by atoms with Crippen LogP contribution < -0.4 is 10.2 Å². The van der Waals surface area contributed by atoms with Gasteiger partial charge in [-0.2, -0.15) is 23.3 Å². The number of alkyl halides is 3. The molecule has 37 heavy (non-hydrogen) atoms. The number of halogens is 6. The Balaban J connectivity index is 1.34. The number of aromatic nitrogens is 4. The number of amides is 3. The van der Waals surface area contributed by atoms with E-state index in [4.69, 9.17) is 0 Å². The molecule has 5 rings (SSSR count). The van der Waals surface area contributed by atoms with E-state index in [1.165, 1.54) is 16.0 Å². The van der Waals surface area contributed by atoms with Crippen molar-refractivity contribution >= 4 is 23.3 Å². The van der Waals surface area contributed by atoms with Crippen molar-refractivity contribution in [3.8, 4) is 0 Å². The molecule has 2 aliphatic rings. The zero-order valence-electron chi connectivity index (χ0n) is 18.9. The van der Waals surface area contributed by atoms with E-state index in [1.54, 1.807) is 11.6 Å². The Bertz CT molecular complexity index is 1360. The number of fused-ring (bicyclic) bond motifs is 1. The molecule has 16 heteroatoms. The predicted molar refractivity (Wildman–Crippen MR) is 112 cm³/mol. The average Bonchev–Trinajstić information content (AvgIpc) is 3.54. The number of carbonyl (C=O) groups excluding carboxylic acids is 2. The van der Waals surface area contributed by atoms with Gasteiger partial charge >= 0.3 is 18.1 Å². The van der Waals surface area contributed by atoms with Crippen molar-refractivity contribution in [2.75, 3.05) is 16.8 Å². The first-order chi connectivity index (χ1) is 17.4. The van der Waals surface area contributed by atoms with Crippen LogP contribution in [0.1, 0.15) is 36.7 Å². The molecule has 3 aromatic rings. The number of urea groups is 1. The van der Waals surface area contributed by atoms with Crippen LogP contribution in [-0.4, -0.2) is 49.3 Å². The molecule has 10 nitrogen and oxygen atoms in total. The van der Waals surface area contributed by atoms with Crippen LogP contribution in [0.4, 0.5) is 42.5 Å². The highest BCUT2D eigenvalue weighted by molar-refractivity contribution is 5.97. The maximum atomic E-state index is 13.5. The second-order valence-electron chi connectivity index (χ2n) is 8.68. The molecule has 0 saturated carbocycles. The van der Waals surface area contributed by atoms with Crippen LogP contribution in [0.2, 0.25) is 0 Å². The molecule has 1 unspecified atom stereocenters. The van der Waals surface area contributed by atoms with Gasteiger partial charge in [0, 0.05) is 36.7 Å². The molecule has 0 spiro atoms. The molecule has 2 aliphatic heterocycles. The van der Waals surface area contributed by atoms with Crippen LogP contribution in [0.5, 0.6) is 0 Å². The van der Waals surface area contributed by atoms with Gasteiger partial charge in [-0.05, 0) is 6.92 Å². The average molecular weight is 529 g/mol. The van der Waals surface area contributed by atoms with Crippen molar-refractivity contribution < 1.29 is 40.5 Å². The first kappa shape index (κ1) is 24.6. The summed E-state index contributed by atoms with van der Waals surface area (Å²) in [7, 11) is 0. The largest absolute Gasteiger partial charge is 0.471 e. The van der Waals surface area contributed by atoms with Crippen LogP contribution in [-0.2, 0) is 24.1 Å². The van der Waals surface area contributed by atoms with E-state index < -0.39 is 53.4 Å². The van der Waals surface area contributed by atoms with Crippen molar-refractivity contribution in [1.29, 1.82) is 0 Å². The topological polar surface area (TPSA) is 109 Å². The van der Waals surface area contributed by atoms with Crippen molar-refractivity contribution in [3.63, 3.8) is 0 Å². The third-order valence-electron chi connectivity index (χ3n) is 6.18. The summed E-state index contributed by atoms with van der Waals surface area (Å²) in [6.45, 7) is 1.84. The molecule has 1 N–H and O–H groups in total. The van der Waals surface area contributed by atoms with Gasteiger partial charge in [-0.1, -0.05) is 5.16 Å². The fourth-order valence-electron chi connectivity index (χ4n) is 4.34. The van der Waals surface area contributed by atoms with Gasteiger partial charge in [0.1, 0.15) is 0 Å². The zero-order valence-corrected chi connectivity index (χ0v) is 18.9. The minimum Gasteiger partial charge on any atom is -0.329 e. The molecule has 4 heterocycles. The number of nitrogens with zero attached hydrogens (tertiary/aromatic N) is 6. The Morgan fingerprint density at radius 3 is 2.51 bits per heavy atom. The first-order valence-electron chi connectivity index (χ1n) is 10.9. The fraction of sp³-hybridized carbons (Fsp3) is 0.381. The molecule has 3 amide bonds. The standard InChI is InChI=1S/C21H17F6N7O3/c1-9-6-34-15(8-32(9)20(36)29-11-3-12(22)17(24)13(23)4-11)14(5-28-34)33-7-10(2-16(33)35)18-30-19(37-31-18)21(25,26)27/h3-5,9-10H,2,6-8H2,1H3,(H,29,36)/t9-,10?/m0/s1. The smallest absolute Gasteiger partial charge is 0.329 e. The fourth-order valence-corrected chi connectivity index (χ4v) is 4.34. The van der Waals surface area contributed by atoms with Gasteiger partial charge in [0.25, 0.3) is 0 Å². The maximum absolute atomic E-state index is 13.5. The van der Waals surface area contributed by atoms with Gasteiger partial charge in [-0.25, -0.2) is 18.0 Å². The van der Waals surface area contributed by atoms with Crippen molar-refractivity contribution in [2.24, 2.45) is 0 Å². The van der Waals surface area contributed by atoms with Crippen LogP contribution in [0.25, 0.3) is 0 Å². The van der Waals surface area contributed by atoms with Crippen LogP contribution >= 0.6 is 0 Å². The lowest BCUT2D eigenvalue weighted by Crippen LogP contribution is -2.47. The normalized spacial score (nSPS) is 19.9. The zero-order chi connectivity index (χ0) is 26.6. The highest BCUT2D eigenvalue weighted by atomic mass is 19.4. The monoisotopic (exact) mass is 529 g/mol. The molecular weight excluding hydrogens is 512 g/mol. The summed E-state index contributed by atoms with van der Waals surface area (Å²) in [6, 6.07) is 0.142. The highest BCUT2D eigenvalue weighted by Crippen LogP contribution is 2.36. The molecule has 2 aromatic heterocycles. The van der Waals surface area contributed by atoms with Crippen LogP contribution in [0, 0.1) is 17.5 Å². The second kappa shape index (κ2) is 8.77. The number of hydrogen-bond donors (Lipinski definition) is 1. The number of hydrogen-bond acceptors (Lipinski definition) is 6. The van der Waals surface area contributed by atoms with E-state index in [0.29, 0.717) is 23.5 Å². The maximum Gasteiger partial charge on any atom is 0.471 e. The van der Waals surface area contributed by atoms with E-state index in [2.05, 4.69) is 25.1 Å². The lowest BCUT2D eigenvalue weighted by atomic mass is 10.1. The van der Waals surface area contributed by atoms with Gasteiger partial charge in [-0.3, -0.25) is 9.48 Å². The molecule has 196 valence electrons. The minimum atomic E-state index is -4.81. The van der Waals surface area contributed by atoms with E-state index >= 15 is 0 Å². The molecule has 1 fully saturated rings. The van der Waals surface area contributed by atoms with Gasteiger partial charge in [0.05, 0.1) is 36.7 Å². The molecule has 0 aliphatic carbocycles. The van der Waals surface area contributed by atoms with Crippen LogP contribution in [0.15, 0.2) is 22.9 Å². The number of anilines is 2. The quantitative estimate of drug-likeness (QED) is 0.410. The minimum absolute atomic E-state index is 0.0375. The van der Waals surface area contributed by atoms with Crippen LogP contribution in [0.3, 0.4) is 0 Å². The Morgan fingerprint density at radius 2 is 1.86 bits per heavy atom. The highest BCUT2D eigenvalue weighted by Gasteiger charge is 2.42. The number of rotatable bonds is 3. The molecule has 1 saturated heterocycles. The molecular formula is C21H17F6N7O3. The Morgan fingerprint density at radius 1 is 1.16 bits per heavy atom. The third kappa shape index (κ3) is 4.46. The summed E-state index contributed by atoms with van der Waals surface area (Å²) in [4.78, 5) is 31.7. The van der Waals surface area contributed by atoms with E-state index in [9.17, 15) is 35.9 Å². The SMILES string of the molecule is C[C@H]1Cn2ncc(N3CC(c4noc(C(F)(F)F)n4)CC3=O)c2CN1C(=O)Nc1cc(F)c(F)c(F)c1. The number of carbonyl (C=O) groups is 2. The van der Waals surface area contributed by atoms with Gasteiger partial charge in [0.15, 0.2) is 23.3 Å². The van der Waals surface area contributed by atoms with Gasteiger partial charge in [0.2, 0.25) is 5.91 Å². The molecule has 0 radical (unpaired) electrons. The van der Waals surface area contributed by atoms with Gasteiger partial charge in [-0.15, -0.1) is 0 Å². The number of nitrogens with one attached hydrogen (secondary N) is 1. The molecule has 1 aromatic carbocycles. The summed E-state index contributed by atoms with van der Waals surface area (Å²) < 4.78 is 84.6. The summed E-state index contributed by atoms with van der Waals surface area (Å²) >= 11 is 0. The Hall–Kier alpha value is -4.11. The lowest BCUT2D eigenvalue weighted by molar-refractivity contribution is -0.159. The van der Waals surface area contributed by atoms with E-state index in [1.807, 2.05) is 0 Å². The van der Waals surface area contributed by atoms with Gasteiger partial charge < -0.3 is 19.6 Å². The predicted octanol–water partition coefficient (Wildman–Crippen LogP) is 3.66. The van der Waals surface area contributed by atoms with Crippen molar-refractivity contribution in [3.05, 3.63) is 53.2 Å².